The van der Waals surface area contributed by atoms with E-state index in [0.29, 0.717) is 11.8 Å². The van der Waals surface area contributed by atoms with Gasteiger partial charge < -0.3 is 9.84 Å². The van der Waals surface area contributed by atoms with Crippen LogP contribution in [0.25, 0.3) is 0 Å². The van der Waals surface area contributed by atoms with Gasteiger partial charge in [0, 0.05) is 29.7 Å². The molecule has 2 aromatic carbocycles. The average Bonchev–Trinajstić information content (AvgIpc) is 3.21. The van der Waals surface area contributed by atoms with Gasteiger partial charge in [-0.2, -0.15) is 0 Å². The summed E-state index contributed by atoms with van der Waals surface area (Å²) in [4.78, 5) is 28.2. The minimum atomic E-state index is -3.51. The number of nitrogens with zero attached hydrogens (tertiary/aromatic N) is 1. The van der Waals surface area contributed by atoms with E-state index in [0.717, 1.165) is 29.7 Å². The van der Waals surface area contributed by atoms with Gasteiger partial charge >= 0.3 is 5.97 Å². The highest BCUT2D eigenvalue weighted by Crippen LogP contribution is 2.32. The fraction of sp³-hybridized carbons (Fsp3) is 0.227. The summed E-state index contributed by atoms with van der Waals surface area (Å²) < 4.78 is 57.0. The van der Waals surface area contributed by atoms with Crippen molar-refractivity contribution in [3.05, 3.63) is 70.7 Å². The van der Waals surface area contributed by atoms with Crippen LogP contribution in [-0.2, 0) is 31.4 Å². The molecule has 180 valence electrons. The van der Waals surface area contributed by atoms with Gasteiger partial charge in [-0.25, -0.2) is 22.2 Å². The van der Waals surface area contributed by atoms with Crippen molar-refractivity contribution in [1.82, 2.24) is 4.98 Å². The third kappa shape index (κ3) is 5.94. The Morgan fingerprint density at radius 2 is 1.85 bits per heavy atom. The molecule has 0 spiro atoms. The lowest BCUT2D eigenvalue weighted by molar-refractivity contribution is -0.137. The Balaban J connectivity index is 1.95. The predicted octanol–water partition coefficient (Wildman–Crippen LogP) is 3.77. The Hall–Kier alpha value is -3.38. The van der Waals surface area contributed by atoms with Crippen molar-refractivity contribution in [3.63, 3.8) is 0 Å². The van der Waals surface area contributed by atoms with E-state index in [1.807, 2.05) is 0 Å². The molecule has 34 heavy (non-hydrogen) atoms. The SMILES string of the molecule is CC(Oc1ccc(F)cc1F)(C(=O)Nc1nc(CCC(=O)O)cs1)c1ccc(S(C)(=O)=O)cc1. The maximum atomic E-state index is 14.3. The summed E-state index contributed by atoms with van der Waals surface area (Å²) in [5, 5.41) is 13.1. The first-order chi connectivity index (χ1) is 15.9. The Morgan fingerprint density at radius 3 is 2.44 bits per heavy atom. The summed E-state index contributed by atoms with van der Waals surface area (Å²) in [6.07, 6.45) is 1.07. The molecule has 12 heteroatoms. The molecule has 3 aromatic rings. The number of rotatable bonds is 9. The second-order valence-electron chi connectivity index (χ2n) is 7.50. The number of nitrogens with one attached hydrogen (secondary N) is 1. The molecule has 0 saturated heterocycles. The highest BCUT2D eigenvalue weighted by atomic mass is 32.2. The van der Waals surface area contributed by atoms with E-state index in [1.54, 1.807) is 5.38 Å². The van der Waals surface area contributed by atoms with Crippen molar-refractivity contribution in [2.75, 3.05) is 11.6 Å². The molecule has 1 heterocycles. The van der Waals surface area contributed by atoms with E-state index in [9.17, 15) is 26.8 Å². The molecule has 1 atom stereocenters. The van der Waals surface area contributed by atoms with Gasteiger partial charge in [0.15, 0.2) is 26.5 Å². The van der Waals surface area contributed by atoms with Gasteiger partial charge in [-0.05, 0) is 31.2 Å². The molecule has 0 aliphatic rings. The molecule has 0 radical (unpaired) electrons. The van der Waals surface area contributed by atoms with Crippen LogP contribution in [0.1, 0.15) is 24.6 Å². The standard InChI is InChI=1S/C22H20F2N2O6S2/c1-22(32-18-9-5-14(23)11-17(18)24,13-3-7-16(8-4-13)34(2,30)31)20(29)26-21-25-15(12-33-21)6-10-19(27)28/h3-5,7-9,11-12H,6,10H2,1-2H3,(H,27,28)(H,25,26,29). The number of aryl methyl sites for hydroxylation is 1. The Labute approximate surface area is 198 Å². The fourth-order valence-corrected chi connectivity index (χ4v) is 4.34. The second kappa shape index (κ2) is 9.85. The minimum Gasteiger partial charge on any atom is -0.481 e. The number of aliphatic carboxylic acids is 1. The van der Waals surface area contributed by atoms with E-state index in [2.05, 4.69) is 10.3 Å². The lowest BCUT2D eigenvalue weighted by atomic mass is 9.94. The number of amides is 1. The van der Waals surface area contributed by atoms with Crippen LogP contribution in [0, 0.1) is 11.6 Å². The number of sulfone groups is 1. The molecular weight excluding hydrogens is 490 g/mol. The number of aromatic nitrogens is 1. The monoisotopic (exact) mass is 510 g/mol. The molecule has 1 aromatic heterocycles. The summed E-state index contributed by atoms with van der Waals surface area (Å²) in [5.74, 6) is -4.00. The predicted molar refractivity (Wildman–Crippen MR) is 121 cm³/mol. The van der Waals surface area contributed by atoms with Crippen LogP contribution in [0.3, 0.4) is 0 Å². The van der Waals surface area contributed by atoms with Crippen LogP contribution in [0.5, 0.6) is 5.75 Å². The lowest BCUT2D eigenvalue weighted by Gasteiger charge is -2.30. The quantitative estimate of drug-likeness (QED) is 0.449. The van der Waals surface area contributed by atoms with Gasteiger partial charge in [0.1, 0.15) is 5.82 Å². The number of carbonyl (C=O) groups is 2. The first-order valence-corrected chi connectivity index (χ1v) is 12.6. The normalized spacial score (nSPS) is 13.2. The minimum absolute atomic E-state index is 0.00923. The van der Waals surface area contributed by atoms with E-state index in [4.69, 9.17) is 9.84 Å². The lowest BCUT2D eigenvalue weighted by Crippen LogP contribution is -2.43. The molecule has 0 aliphatic heterocycles. The van der Waals surface area contributed by atoms with Crippen LogP contribution in [0.15, 0.2) is 52.7 Å². The highest BCUT2D eigenvalue weighted by Gasteiger charge is 2.39. The summed E-state index contributed by atoms with van der Waals surface area (Å²) in [7, 11) is -3.51. The van der Waals surface area contributed by atoms with E-state index in [1.165, 1.54) is 31.2 Å². The number of anilines is 1. The zero-order valence-corrected chi connectivity index (χ0v) is 19.7. The summed E-state index contributed by atoms with van der Waals surface area (Å²) in [6, 6.07) is 7.90. The maximum absolute atomic E-state index is 14.3. The summed E-state index contributed by atoms with van der Waals surface area (Å²) >= 11 is 1.06. The number of carboxylic acids is 1. The highest BCUT2D eigenvalue weighted by molar-refractivity contribution is 7.90. The third-order valence-corrected chi connectivity index (χ3v) is 6.78. The summed E-state index contributed by atoms with van der Waals surface area (Å²) in [6.45, 7) is 1.35. The number of halogens is 2. The average molecular weight is 511 g/mol. The zero-order valence-electron chi connectivity index (χ0n) is 18.0. The fourth-order valence-electron chi connectivity index (χ4n) is 2.97. The van der Waals surface area contributed by atoms with Gasteiger partial charge in [0.25, 0.3) is 5.91 Å². The van der Waals surface area contributed by atoms with Crippen LogP contribution in [0.2, 0.25) is 0 Å². The molecule has 0 bridgehead atoms. The van der Waals surface area contributed by atoms with Crippen molar-refractivity contribution in [1.29, 1.82) is 0 Å². The number of hydrogen-bond acceptors (Lipinski definition) is 7. The molecule has 3 rings (SSSR count). The topological polar surface area (TPSA) is 123 Å². The Morgan fingerprint density at radius 1 is 1.18 bits per heavy atom. The third-order valence-electron chi connectivity index (χ3n) is 4.84. The largest absolute Gasteiger partial charge is 0.481 e. The first kappa shape index (κ1) is 25.2. The van der Waals surface area contributed by atoms with E-state index in [-0.39, 0.29) is 28.4 Å². The van der Waals surface area contributed by atoms with Gasteiger partial charge in [-0.15, -0.1) is 11.3 Å². The van der Waals surface area contributed by atoms with Crippen molar-refractivity contribution < 1.29 is 36.6 Å². The Kier molecular flexibility index (Phi) is 7.32. The second-order valence-corrected chi connectivity index (χ2v) is 10.4. The van der Waals surface area contributed by atoms with Crippen LogP contribution in [0.4, 0.5) is 13.9 Å². The van der Waals surface area contributed by atoms with Crippen molar-refractivity contribution in [2.24, 2.45) is 0 Å². The van der Waals surface area contributed by atoms with E-state index < -0.39 is 44.7 Å². The van der Waals surface area contributed by atoms with Crippen LogP contribution in [-0.4, -0.2) is 36.6 Å². The molecule has 1 unspecified atom stereocenters. The number of carboxylic acid groups (broad SMARTS) is 1. The number of thiazole rings is 1. The van der Waals surface area contributed by atoms with Crippen LogP contribution >= 0.6 is 11.3 Å². The molecule has 1 amide bonds. The molecule has 0 aliphatic carbocycles. The summed E-state index contributed by atoms with van der Waals surface area (Å²) in [5.41, 5.74) is -1.21. The van der Waals surface area contributed by atoms with Gasteiger partial charge in [0.2, 0.25) is 5.60 Å². The van der Waals surface area contributed by atoms with Crippen LogP contribution < -0.4 is 10.1 Å². The first-order valence-electron chi connectivity index (χ1n) is 9.81. The molecule has 8 nitrogen and oxygen atoms in total. The zero-order chi connectivity index (χ0) is 25.1. The molecular formula is C22H20F2N2O6S2. The van der Waals surface area contributed by atoms with Gasteiger partial charge in [-0.1, -0.05) is 12.1 Å². The molecule has 0 saturated carbocycles. The van der Waals surface area contributed by atoms with Crippen molar-refractivity contribution in [2.45, 2.75) is 30.3 Å². The number of ether oxygens (including phenoxy) is 1. The maximum Gasteiger partial charge on any atom is 0.303 e. The smallest absolute Gasteiger partial charge is 0.303 e. The van der Waals surface area contributed by atoms with Gasteiger partial charge in [0.05, 0.1) is 17.0 Å². The van der Waals surface area contributed by atoms with Gasteiger partial charge in [-0.3, -0.25) is 14.9 Å². The number of carbonyl (C=O) groups excluding carboxylic acids is 1. The van der Waals surface area contributed by atoms with Crippen molar-refractivity contribution >= 4 is 38.2 Å². The number of benzene rings is 2. The molecule has 0 fully saturated rings. The van der Waals surface area contributed by atoms with Crippen molar-refractivity contribution in [3.8, 4) is 5.75 Å². The number of hydrogen-bond donors (Lipinski definition) is 2. The molecule has 2 N–H and O–H groups in total. The Bertz CT molecular complexity index is 1330. The van der Waals surface area contributed by atoms with E-state index >= 15 is 0 Å².